The van der Waals surface area contributed by atoms with E-state index in [4.69, 9.17) is 0 Å². The molecule has 3 heterocycles. The van der Waals surface area contributed by atoms with Gasteiger partial charge in [-0.1, -0.05) is 13.8 Å². The predicted molar refractivity (Wildman–Crippen MR) is 102 cm³/mol. The highest BCUT2D eigenvalue weighted by atomic mass is 16.2. The van der Waals surface area contributed by atoms with Gasteiger partial charge in [0.1, 0.15) is 5.82 Å². The van der Waals surface area contributed by atoms with Crippen LogP contribution in [0.4, 0.5) is 5.82 Å². The van der Waals surface area contributed by atoms with Gasteiger partial charge in [0.25, 0.3) is 5.91 Å². The first-order valence-electron chi connectivity index (χ1n) is 9.88. The second-order valence-electron chi connectivity index (χ2n) is 7.62. The van der Waals surface area contributed by atoms with Crippen LogP contribution in [-0.4, -0.2) is 55.1 Å². The van der Waals surface area contributed by atoms with E-state index in [1.165, 1.54) is 12.8 Å². The molecule has 2 aliphatic heterocycles. The highest BCUT2D eigenvalue weighted by Gasteiger charge is 2.24. The van der Waals surface area contributed by atoms with Crippen LogP contribution in [0.1, 0.15) is 49.9 Å². The van der Waals surface area contributed by atoms with Crippen LogP contribution in [0.15, 0.2) is 18.3 Å². The van der Waals surface area contributed by atoms with Gasteiger partial charge in [0.05, 0.1) is 5.56 Å². The summed E-state index contributed by atoms with van der Waals surface area (Å²) in [5.74, 6) is 2.65. The molecule has 1 aromatic rings. The molecular formula is C20H32N4O. The van der Waals surface area contributed by atoms with Crippen LogP contribution in [0.2, 0.25) is 0 Å². The van der Waals surface area contributed by atoms with Crippen molar-refractivity contribution in [2.75, 3.05) is 44.2 Å². The van der Waals surface area contributed by atoms with Gasteiger partial charge in [0.15, 0.2) is 0 Å². The van der Waals surface area contributed by atoms with Crippen LogP contribution in [-0.2, 0) is 0 Å². The van der Waals surface area contributed by atoms with E-state index in [9.17, 15) is 4.79 Å². The lowest BCUT2D eigenvalue weighted by Crippen LogP contribution is -2.40. The van der Waals surface area contributed by atoms with E-state index >= 15 is 0 Å². The van der Waals surface area contributed by atoms with Crippen molar-refractivity contribution in [2.24, 2.45) is 11.8 Å². The smallest absolute Gasteiger partial charge is 0.255 e. The maximum Gasteiger partial charge on any atom is 0.255 e. The zero-order valence-electron chi connectivity index (χ0n) is 15.7. The summed E-state index contributed by atoms with van der Waals surface area (Å²) in [6.07, 6.45) is 6.40. The number of pyridine rings is 1. The number of nitrogens with one attached hydrogen (secondary N) is 1. The average Bonchev–Trinajstić information content (AvgIpc) is 2.67. The third-order valence-corrected chi connectivity index (χ3v) is 5.69. The molecule has 2 fully saturated rings. The molecule has 0 atom stereocenters. The summed E-state index contributed by atoms with van der Waals surface area (Å²) < 4.78 is 0. The second-order valence-corrected chi connectivity index (χ2v) is 7.62. The lowest BCUT2D eigenvalue weighted by atomic mass is 9.96. The molecule has 1 aromatic heterocycles. The number of anilines is 1. The Morgan fingerprint density at radius 2 is 1.88 bits per heavy atom. The molecule has 0 aliphatic carbocycles. The number of hydrogen-bond acceptors (Lipinski definition) is 4. The fourth-order valence-electron chi connectivity index (χ4n) is 3.81. The summed E-state index contributed by atoms with van der Waals surface area (Å²) in [7, 11) is 0. The maximum atomic E-state index is 12.7. The number of hydrogen-bond donors (Lipinski definition) is 1. The SMILES string of the molecule is CCNCC1CCN(C(=O)c2ccc(N3CCC(C)CC3)nc2)CC1. The van der Waals surface area contributed by atoms with E-state index < -0.39 is 0 Å². The van der Waals surface area contributed by atoms with Crippen LogP contribution in [0, 0.1) is 11.8 Å². The van der Waals surface area contributed by atoms with Crippen molar-refractivity contribution >= 4 is 11.7 Å². The largest absolute Gasteiger partial charge is 0.357 e. The minimum Gasteiger partial charge on any atom is -0.357 e. The molecule has 1 amide bonds. The molecule has 25 heavy (non-hydrogen) atoms. The van der Waals surface area contributed by atoms with E-state index in [0.717, 1.165) is 69.4 Å². The number of piperidine rings is 2. The Hall–Kier alpha value is -1.62. The van der Waals surface area contributed by atoms with Crippen LogP contribution >= 0.6 is 0 Å². The zero-order chi connectivity index (χ0) is 17.6. The summed E-state index contributed by atoms with van der Waals surface area (Å²) in [6.45, 7) is 10.4. The summed E-state index contributed by atoms with van der Waals surface area (Å²) in [5, 5.41) is 3.42. The molecule has 5 heteroatoms. The Morgan fingerprint density at radius 3 is 2.48 bits per heavy atom. The minimum absolute atomic E-state index is 0.133. The van der Waals surface area contributed by atoms with Crippen LogP contribution < -0.4 is 10.2 Å². The summed E-state index contributed by atoms with van der Waals surface area (Å²) in [4.78, 5) is 21.6. The van der Waals surface area contributed by atoms with Crippen molar-refractivity contribution in [3.8, 4) is 0 Å². The van der Waals surface area contributed by atoms with Crippen molar-refractivity contribution in [1.82, 2.24) is 15.2 Å². The van der Waals surface area contributed by atoms with Gasteiger partial charge >= 0.3 is 0 Å². The number of rotatable bonds is 5. The topological polar surface area (TPSA) is 48.5 Å². The number of likely N-dealkylation sites (tertiary alicyclic amines) is 1. The van der Waals surface area contributed by atoms with Crippen molar-refractivity contribution in [1.29, 1.82) is 0 Å². The Morgan fingerprint density at radius 1 is 1.16 bits per heavy atom. The maximum absolute atomic E-state index is 12.7. The number of aromatic nitrogens is 1. The lowest BCUT2D eigenvalue weighted by molar-refractivity contribution is 0.0690. The number of carbonyl (C=O) groups excluding carboxylic acids is 1. The molecule has 2 saturated heterocycles. The van der Waals surface area contributed by atoms with E-state index in [0.29, 0.717) is 5.92 Å². The van der Waals surface area contributed by atoms with Crippen molar-refractivity contribution < 1.29 is 4.79 Å². The molecule has 2 aliphatic rings. The normalized spacial score (nSPS) is 20.1. The van der Waals surface area contributed by atoms with Crippen LogP contribution in [0.25, 0.3) is 0 Å². The molecule has 0 saturated carbocycles. The number of amides is 1. The van der Waals surface area contributed by atoms with Gasteiger partial charge < -0.3 is 15.1 Å². The Labute approximate surface area is 151 Å². The van der Waals surface area contributed by atoms with E-state index in [1.54, 1.807) is 6.20 Å². The number of nitrogens with zero attached hydrogens (tertiary/aromatic N) is 3. The van der Waals surface area contributed by atoms with Crippen molar-refractivity contribution in [3.05, 3.63) is 23.9 Å². The van der Waals surface area contributed by atoms with Crippen LogP contribution in [0.5, 0.6) is 0 Å². The van der Waals surface area contributed by atoms with E-state index in [2.05, 4.69) is 29.0 Å². The minimum atomic E-state index is 0.133. The zero-order valence-corrected chi connectivity index (χ0v) is 15.7. The highest BCUT2D eigenvalue weighted by Crippen LogP contribution is 2.22. The van der Waals surface area contributed by atoms with Crippen molar-refractivity contribution in [2.45, 2.75) is 39.5 Å². The Balaban J connectivity index is 1.53. The molecule has 0 radical (unpaired) electrons. The number of carbonyl (C=O) groups is 1. The first-order chi connectivity index (χ1) is 12.2. The highest BCUT2D eigenvalue weighted by molar-refractivity contribution is 5.94. The molecule has 3 rings (SSSR count). The van der Waals surface area contributed by atoms with Crippen molar-refractivity contribution in [3.63, 3.8) is 0 Å². The molecule has 0 unspecified atom stereocenters. The summed E-state index contributed by atoms with van der Waals surface area (Å²) >= 11 is 0. The molecule has 138 valence electrons. The lowest BCUT2D eigenvalue weighted by Gasteiger charge is -2.32. The van der Waals surface area contributed by atoms with Gasteiger partial charge in [-0.05, 0) is 62.7 Å². The van der Waals surface area contributed by atoms with Gasteiger partial charge in [0, 0.05) is 32.4 Å². The van der Waals surface area contributed by atoms with E-state index in [-0.39, 0.29) is 5.91 Å². The second kappa shape index (κ2) is 8.65. The first kappa shape index (κ1) is 18.2. The van der Waals surface area contributed by atoms with Gasteiger partial charge in [-0.2, -0.15) is 0 Å². The average molecular weight is 345 g/mol. The predicted octanol–water partition coefficient (Wildman–Crippen LogP) is 2.78. The summed E-state index contributed by atoms with van der Waals surface area (Å²) in [5.41, 5.74) is 0.722. The third-order valence-electron chi connectivity index (χ3n) is 5.69. The standard InChI is InChI=1S/C20H32N4O/c1-3-21-14-17-8-12-24(13-9-17)20(25)18-4-5-19(22-15-18)23-10-6-16(2)7-11-23/h4-5,15-17,21H,3,6-14H2,1-2H3. The van der Waals surface area contributed by atoms with Gasteiger partial charge in [-0.3, -0.25) is 4.79 Å². The molecule has 0 spiro atoms. The molecule has 0 bridgehead atoms. The Kier molecular flexibility index (Phi) is 6.29. The third kappa shape index (κ3) is 4.72. The van der Waals surface area contributed by atoms with Gasteiger partial charge in [0.2, 0.25) is 0 Å². The molecule has 0 aromatic carbocycles. The monoisotopic (exact) mass is 344 g/mol. The molecular weight excluding hydrogens is 312 g/mol. The first-order valence-corrected chi connectivity index (χ1v) is 9.88. The summed E-state index contributed by atoms with van der Waals surface area (Å²) in [6, 6.07) is 3.97. The molecule has 5 nitrogen and oxygen atoms in total. The Bertz CT molecular complexity index is 543. The van der Waals surface area contributed by atoms with Gasteiger partial charge in [-0.25, -0.2) is 4.98 Å². The van der Waals surface area contributed by atoms with Crippen LogP contribution in [0.3, 0.4) is 0 Å². The fraction of sp³-hybridized carbons (Fsp3) is 0.700. The molecule has 1 N–H and O–H groups in total. The quantitative estimate of drug-likeness (QED) is 0.892. The fourth-order valence-corrected chi connectivity index (χ4v) is 3.81. The van der Waals surface area contributed by atoms with E-state index in [1.807, 2.05) is 17.0 Å². The van der Waals surface area contributed by atoms with Gasteiger partial charge in [-0.15, -0.1) is 0 Å².